The molecule has 2 aromatic carbocycles. The summed E-state index contributed by atoms with van der Waals surface area (Å²) in [6.45, 7) is -0.830. The van der Waals surface area contributed by atoms with Crippen molar-refractivity contribution in [2.75, 3.05) is 6.61 Å². The molecule has 170 valence electrons. The van der Waals surface area contributed by atoms with E-state index >= 15 is 0 Å². The number of aromatic nitrogens is 2. The highest BCUT2D eigenvalue weighted by Crippen LogP contribution is 2.30. The highest BCUT2D eigenvalue weighted by Gasteiger charge is 2.38. The molecule has 0 saturated heterocycles. The van der Waals surface area contributed by atoms with Gasteiger partial charge in [-0.1, -0.05) is 34.0 Å². The SMILES string of the molecule is [B]c1nc(CN2C(=O)c3c([B])c(-c4ccc(OC(F)(F)F)cc4)c([B])c([B])c3OCC2([B])[B])nc([B])c1[B]. The Labute approximate surface area is 227 Å². The van der Waals surface area contributed by atoms with Gasteiger partial charge >= 0.3 is 6.36 Å². The molecule has 1 aliphatic rings. The van der Waals surface area contributed by atoms with Gasteiger partial charge in [-0.25, -0.2) is 9.97 Å². The zero-order valence-electron chi connectivity index (χ0n) is 19.5. The summed E-state index contributed by atoms with van der Waals surface area (Å²) in [5.41, 5.74) is -0.669. The second-order valence-electron chi connectivity index (χ2n) is 8.39. The van der Waals surface area contributed by atoms with Crippen LogP contribution in [0.5, 0.6) is 11.5 Å². The number of alkyl halides is 3. The first-order valence-corrected chi connectivity index (χ1v) is 10.7. The fourth-order valence-corrected chi connectivity index (χ4v) is 3.86. The van der Waals surface area contributed by atoms with E-state index in [1.807, 2.05) is 0 Å². The lowest BCUT2D eigenvalue weighted by Crippen LogP contribution is -2.56. The lowest BCUT2D eigenvalue weighted by Gasteiger charge is -2.37. The topological polar surface area (TPSA) is 64.6 Å². The monoisotopic (exact) mass is 495 g/mol. The van der Waals surface area contributed by atoms with Gasteiger partial charge in [-0.05, 0) is 34.4 Å². The van der Waals surface area contributed by atoms with E-state index < -0.39 is 30.0 Å². The summed E-state index contributed by atoms with van der Waals surface area (Å²) in [4.78, 5) is 22.8. The summed E-state index contributed by atoms with van der Waals surface area (Å²) >= 11 is 0. The number of amides is 1. The van der Waals surface area contributed by atoms with E-state index in [1.165, 1.54) is 12.1 Å². The van der Waals surface area contributed by atoms with Gasteiger partial charge in [-0.2, -0.15) is 0 Å². The van der Waals surface area contributed by atoms with E-state index in [9.17, 15) is 18.0 Å². The average molecular weight is 494 g/mol. The predicted molar refractivity (Wildman–Crippen MR) is 143 cm³/mol. The number of hydrogen-bond acceptors (Lipinski definition) is 5. The van der Waals surface area contributed by atoms with Gasteiger partial charge in [0.15, 0.2) is 0 Å². The molecule has 0 atom stereocenters. The molecule has 0 unspecified atom stereocenters. The van der Waals surface area contributed by atoms with Gasteiger partial charge in [0.05, 0.1) is 34.4 Å². The zero-order valence-corrected chi connectivity index (χ0v) is 19.5. The molecule has 16 radical (unpaired) electrons. The number of fused-ring (bicyclic) bond motifs is 1. The molecule has 0 spiro atoms. The smallest absolute Gasteiger partial charge is 0.493 e. The van der Waals surface area contributed by atoms with Crippen molar-refractivity contribution >= 4 is 102 Å². The van der Waals surface area contributed by atoms with Gasteiger partial charge < -0.3 is 14.4 Å². The zero-order chi connectivity index (χ0) is 28.2. The van der Waals surface area contributed by atoms with Crippen molar-refractivity contribution in [3.8, 4) is 22.6 Å². The van der Waals surface area contributed by atoms with E-state index in [0.717, 1.165) is 17.0 Å². The molecule has 1 amide bonds. The Morgan fingerprint density at radius 3 is 2.03 bits per heavy atom. The summed E-state index contributed by atoms with van der Waals surface area (Å²) in [6, 6.07) is 4.62. The number of nitrogens with zero attached hydrogens (tertiary/aromatic N) is 3. The van der Waals surface area contributed by atoms with E-state index in [1.54, 1.807) is 0 Å². The third kappa shape index (κ3) is 5.24. The van der Waals surface area contributed by atoms with Gasteiger partial charge in [0, 0.05) is 5.34 Å². The maximum atomic E-state index is 13.8. The van der Waals surface area contributed by atoms with Crippen LogP contribution < -0.4 is 42.5 Å². The maximum Gasteiger partial charge on any atom is 0.573 e. The first kappa shape index (κ1) is 27.9. The maximum absolute atomic E-state index is 13.8. The molecule has 3 aromatic rings. The highest BCUT2D eigenvalue weighted by atomic mass is 19.4. The molecule has 0 saturated carbocycles. The van der Waals surface area contributed by atoms with Crippen molar-refractivity contribution in [2.24, 2.45) is 0 Å². The van der Waals surface area contributed by atoms with Crippen LogP contribution in [0.1, 0.15) is 16.2 Å². The average Bonchev–Trinajstić information content (AvgIpc) is 2.91. The summed E-state index contributed by atoms with van der Waals surface area (Å²) in [5, 5.41) is -1.92. The van der Waals surface area contributed by atoms with Crippen LogP contribution in [0.25, 0.3) is 11.1 Å². The number of benzene rings is 2. The van der Waals surface area contributed by atoms with Gasteiger partial charge in [-0.15, -0.1) is 13.2 Å². The number of carbonyl (C=O) groups excluding carboxylic acids is 1. The third-order valence-electron chi connectivity index (χ3n) is 5.71. The molecular formula is C21H8B8F3N3O3. The van der Waals surface area contributed by atoms with Crippen molar-refractivity contribution in [2.45, 2.75) is 18.2 Å². The number of rotatable bonds is 4. The van der Waals surface area contributed by atoms with E-state index in [0.29, 0.717) is 0 Å². The first-order valence-electron chi connectivity index (χ1n) is 10.7. The standard InChI is InChI=1S/C21H8B8F3N3O3/c22-12-10(7-1-3-8(4-2-7)38-21(30,31)32)13(23)14(24)16-11(12)19(36)35(20(28,29)6-37-16)5-9-33-17(26)15(25)18(27)34-9/h1-4H,5-6H2. The fraction of sp³-hybridized carbons (Fsp3) is 0.190. The summed E-state index contributed by atoms with van der Waals surface area (Å²) < 4.78 is 47.2. The molecule has 6 nitrogen and oxygen atoms in total. The van der Waals surface area contributed by atoms with Crippen LogP contribution in [0, 0.1) is 0 Å². The minimum Gasteiger partial charge on any atom is -0.493 e. The Balaban J connectivity index is 1.82. The van der Waals surface area contributed by atoms with E-state index in [-0.39, 0.29) is 67.8 Å². The van der Waals surface area contributed by atoms with Crippen molar-refractivity contribution in [1.29, 1.82) is 0 Å². The molecule has 4 rings (SSSR count). The lowest BCUT2D eigenvalue weighted by molar-refractivity contribution is -0.274. The largest absolute Gasteiger partial charge is 0.573 e. The molecular weight excluding hydrogens is 486 g/mol. The van der Waals surface area contributed by atoms with Crippen LogP contribution >= 0.6 is 0 Å². The van der Waals surface area contributed by atoms with E-state index in [4.69, 9.17) is 67.5 Å². The minimum atomic E-state index is -4.89. The minimum absolute atomic E-state index is 0.0336. The quantitative estimate of drug-likeness (QED) is 0.345. The normalized spacial score (nSPS) is 14.9. The predicted octanol–water partition coefficient (Wildman–Crippen LogP) is -4.17. The van der Waals surface area contributed by atoms with Crippen LogP contribution in [0.4, 0.5) is 13.2 Å². The highest BCUT2D eigenvalue weighted by molar-refractivity contribution is 6.57. The van der Waals surface area contributed by atoms with Crippen LogP contribution in [0.3, 0.4) is 0 Å². The molecule has 0 aliphatic carbocycles. The fourth-order valence-electron chi connectivity index (χ4n) is 3.86. The van der Waals surface area contributed by atoms with E-state index in [2.05, 4.69) is 14.7 Å². The number of ether oxygens (including phenoxy) is 2. The Kier molecular flexibility index (Phi) is 7.27. The van der Waals surface area contributed by atoms with Crippen LogP contribution in [0.15, 0.2) is 24.3 Å². The van der Waals surface area contributed by atoms with Gasteiger partial charge in [0.25, 0.3) is 5.91 Å². The molecule has 0 fully saturated rings. The first-order chi connectivity index (χ1) is 17.6. The number of halogens is 3. The third-order valence-corrected chi connectivity index (χ3v) is 5.71. The Bertz CT molecular complexity index is 1420. The van der Waals surface area contributed by atoms with Crippen molar-refractivity contribution in [3.63, 3.8) is 0 Å². The second-order valence-corrected chi connectivity index (χ2v) is 8.39. The lowest BCUT2D eigenvalue weighted by atomic mass is 9.61. The summed E-state index contributed by atoms with van der Waals surface area (Å²) in [6.07, 6.45) is -4.89. The molecule has 2 heterocycles. The Morgan fingerprint density at radius 2 is 1.47 bits per heavy atom. The van der Waals surface area contributed by atoms with Crippen LogP contribution in [-0.2, 0) is 6.54 Å². The molecule has 1 aliphatic heterocycles. The molecule has 38 heavy (non-hydrogen) atoms. The molecule has 0 bridgehead atoms. The summed E-state index contributed by atoms with van der Waals surface area (Å²) in [7, 11) is 48.4. The number of carbonyl (C=O) groups is 1. The van der Waals surface area contributed by atoms with Crippen molar-refractivity contribution < 1.29 is 27.4 Å². The molecule has 0 N–H and O–H groups in total. The molecule has 17 heteroatoms. The van der Waals surface area contributed by atoms with Gasteiger partial charge in [-0.3, -0.25) is 4.79 Å². The van der Waals surface area contributed by atoms with Crippen molar-refractivity contribution in [3.05, 3.63) is 35.7 Å². The Hall–Kier alpha value is -3.10. The van der Waals surface area contributed by atoms with Gasteiger partial charge in [0.2, 0.25) is 0 Å². The van der Waals surface area contributed by atoms with Crippen molar-refractivity contribution in [1.82, 2.24) is 14.9 Å². The molecule has 1 aromatic heterocycles. The summed E-state index contributed by atoms with van der Waals surface area (Å²) in [5.74, 6) is -1.52. The Morgan fingerprint density at radius 1 is 0.895 bits per heavy atom. The van der Waals surface area contributed by atoms with Crippen LogP contribution in [0.2, 0.25) is 0 Å². The second kappa shape index (κ2) is 9.89. The number of hydrogen-bond donors (Lipinski definition) is 0. The van der Waals surface area contributed by atoms with Crippen LogP contribution in [-0.4, -0.2) is 102 Å². The van der Waals surface area contributed by atoms with Gasteiger partial charge in [0.1, 0.15) is 64.4 Å².